The largest absolute Gasteiger partial charge is 0.353 e. The van der Waals surface area contributed by atoms with Crippen molar-refractivity contribution >= 4 is 17.5 Å². The van der Waals surface area contributed by atoms with Gasteiger partial charge < -0.3 is 10.6 Å². The first kappa shape index (κ1) is 16.8. The van der Waals surface area contributed by atoms with E-state index in [1.165, 1.54) is 6.07 Å². The fourth-order valence-electron chi connectivity index (χ4n) is 2.59. The molecule has 0 saturated carbocycles. The van der Waals surface area contributed by atoms with E-state index in [2.05, 4.69) is 25.8 Å². The molecule has 0 unspecified atom stereocenters. The zero-order chi connectivity index (χ0) is 17.6. The average Bonchev–Trinajstić information content (AvgIpc) is 2.60. The Kier molecular flexibility index (Phi) is 5.18. The third-order valence-electron chi connectivity index (χ3n) is 3.93. The molecular formula is C19H20FN5. The quantitative estimate of drug-likeness (QED) is 0.711. The summed E-state index contributed by atoms with van der Waals surface area (Å²) in [4.78, 5) is 4.41. The SMILES string of the molecule is Cc1cccc(C)c1Nc1cnnc(NCCc2ccccc2F)n1. The Bertz CT molecular complexity index is 846. The molecule has 0 aliphatic rings. The van der Waals surface area contributed by atoms with E-state index in [4.69, 9.17) is 0 Å². The number of anilines is 3. The normalized spacial score (nSPS) is 10.5. The summed E-state index contributed by atoms with van der Waals surface area (Å²) in [6.07, 6.45) is 2.12. The fourth-order valence-corrected chi connectivity index (χ4v) is 2.59. The lowest BCUT2D eigenvalue weighted by Crippen LogP contribution is -2.10. The fraction of sp³-hybridized carbons (Fsp3) is 0.211. The Balaban J connectivity index is 1.65. The molecule has 0 atom stereocenters. The highest BCUT2D eigenvalue weighted by atomic mass is 19.1. The second kappa shape index (κ2) is 7.70. The number of hydrogen-bond acceptors (Lipinski definition) is 5. The second-order valence-electron chi connectivity index (χ2n) is 5.83. The number of benzene rings is 2. The number of nitrogens with zero attached hydrogens (tertiary/aromatic N) is 3. The molecular weight excluding hydrogens is 317 g/mol. The average molecular weight is 337 g/mol. The smallest absolute Gasteiger partial charge is 0.244 e. The molecule has 25 heavy (non-hydrogen) atoms. The molecule has 5 nitrogen and oxygen atoms in total. The number of aryl methyl sites for hydroxylation is 2. The van der Waals surface area contributed by atoms with Gasteiger partial charge in [0.15, 0.2) is 5.82 Å². The molecule has 0 aliphatic heterocycles. The van der Waals surface area contributed by atoms with Crippen molar-refractivity contribution in [3.8, 4) is 0 Å². The van der Waals surface area contributed by atoms with Crippen molar-refractivity contribution in [1.29, 1.82) is 0 Å². The van der Waals surface area contributed by atoms with E-state index < -0.39 is 0 Å². The van der Waals surface area contributed by atoms with Gasteiger partial charge in [0.1, 0.15) is 5.82 Å². The number of halogens is 1. The van der Waals surface area contributed by atoms with Crippen molar-refractivity contribution in [3.63, 3.8) is 0 Å². The Hall–Kier alpha value is -3.02. The summed E-state index contributed by atoms with van der Waals surface area (Å²) in [7, 11) is 0. The minimum atomic E-state index is -0.200. The van der Waals surface area contributed by atoms with Crippen molar-refractivity contribution in [2.45, 2.75) is 20.3 Å². The van der Waals surface area contributed by atoms with Crippen LogP contribution in [0, 0.1) is 19.7 Å². The molecule has 2 aromatic carbocycles. The first-order valence-electron chi connectivity index (χ1n) is 8.14. The van der Waals surface area contributed by atoms with Gasteiger partial charge in [0.25, 0.3) is 0 Å². The molecule has 1 aromatic heterocycles. The zero-order valence-corrected chi connectivity index (χ0v) is 14.3. The lowest BCUT2D eigenvalue weighted by Gasteiger charge is -2.12. The van der Waals surface area contributed by atoms with Crippen LogP contribution in [0.4, 0.5) is 21.8 Å². The molecule has 0 amide bonds. The number of hydrogen-bond donors (Lipinski definition) is 2. The van der Waals surface area contributed by atoms with Crippen molar-refractivity contribution in [2.75, 3.05) is 17.2 Å². The van der Waals surface area contributed by atoms with Gasteiger partial charge in [0, 0.05) is 12.2 Å². The molecule has 3 rings (SSSR count). The van der Waals surface area contributed by atoms with E-state index in [9.17, 15) is 4.39 Å². The highest BCUT2D eigenvalue weighted by molar-refractivity contribution is 5.64. The lowest BCUT2D eigenvalue weighted by atomic mass is 10.1. The molecule has 3 aromatic rings. The number of para-hydroxylation sites is 1. The standard InChI is InChI=1S/C19H20FN5/c1-13-6-5-7-14(2)18(13)23-17-12-22-25-19(24-17)21-11-10-15-8-3-4-9-16(15)20/h3-9,12H,10-11H2,1-2H3,(H2,21,23,24,25). The lowest BCUT2D eigenvalue weighted by molar-refractivity contribution is 0.610. The monoisotopic (exact) mass is 337 g/mol. The van der Waals surface area contributed by atoms with E-state index >= 15 is 0 Å². The molecule has 0 saturated heterocycles. The Labute approximate surface area is 146 Å². The number of rotatable bonds is 6. The molecule has 0 spiro atoms. The number of aromatic nitrogens is 3. The van der Waals surface area contributed by atoms with Crippen LogP contribution < -0.4 is 10.6 Å². The minimum absolute atomic E-state index is 0.200. The van der Waals surface area contributed by atoms with Gasteiger partial charge in [-0.2, -0.15) is 10.1 Å². The predicted molar refractivity (Wildman–Crippen MR) is 97.6 cm³/mol. The molecule has 128 valence electrons. The van der Waals surface area contributed by atoms with Crippen LogP contribution in [-0.2, 0) is 6.42 Å². The van der Waals surface area contributed by atoms with Crippen LogP contribution in [0.25, 0.3) is 0 Å². The first-order valence-corrected chi connectivity index (χ1v) is 8.14. The summed E-state index contributed by atoms with van der Waals surface area (Å²) in [5.74, 6) is 0.821. The van der Waals surface area contributed by atoms with Crippen LogP contribution in [0.2, 0.25) is 0 Å². The summed E-state index contributed by atoms with van der Waals surface area (Å²) >= 11 is 0. The van der Waals surface area contributed by atoms with E-state index in [1.54, 1.807) is 18.3 Å². The Morgan fingerprint density at radius 1 is 1.00 bits per heavy atom. The van der Waals surface area contributed by atoms with Gasteiger partial charge in [0.2, 0.25) is 5.95 Å². The summed E-state index contributed by atoms with van der Waals surface area (Å²) < 4.78 is 13.6. The topological polar surface area (TPSA) is 62.7 Å². The third-order valence-corrected chi connectivity index (χ3v) is 3.93. The second-order valence-corrected chi connectivity index (χ2v) is 5.83. The highest BCUT2D eigenvalue weighted by Gasteiger charge is 2.06. The Morgan fingerprint density at radius 2 is 1.76 bits per heavy atom. The summed E-state index contributed by atoms with van der Waals surface area (Å²) in [6, 6.07) is 12.8. The summed E-state index contributed by atoms with van der Waals surface area (Å²) in [6.45, 7) is 4.60. The van der Waals surface area contributed by atoms with E-state index in [0.717, 1.165) is 16.8 Å². The van der Waals surface area contributed by atoms with Gasteiger partial charge in [-0.3, -0.25) is 0 Å². The third kappa shape index (κ3) is 4.29. The van der Waals surface area contributed by atoms with Gasteiger partial charge in [-0.1, -0.05) is 36.4 Å². The first-order chi connectivity index (χ1) is 12.1. The molecule has 0 bridgehead atoms. The predicted octanol–water partition coefficient (Wildman–Crippen LogP) is 4.03. The molecule has 0 fully saturated rings. The van der Waals surface area contributed by atoms with Crippen molar-refractivity contribution in [1.82, 2.24) is 15.2 Å². The Morgan fingerprint density at radius 3 is 2.52 bits per heavy atom. The van der Waals surface area contributed by atoms with Crippen molar-refractivity contribution in [2.24, 2.45) is 0 Å². The van der Waals surface area contributed by atoms with Crippen LogP contribution in [0.3, 0.4) is 0 Å². The van der Waals surface area contributed by atoms with E-state index in [1.807, 2.05) is 38.1 Å². The van der Waals surface area contributed by atoms with Gasteiger partial charge in [-0.25, -0.2) is 4.39 Å². The number of nitrogens with one attached hydrogen (secondary N) is 2. The van der Waals surface area contributed by atoms with E-state index in [0.29, 0.717) is 30.3 Å². The van der Waals surface area contributed by atoms with Gasteiger partial charge in [0.05, 0.1) is 6.20 Å². The van der Waals surface area contributed by atoms with Crippen LogP contribution >= 0.6 is 0 Å². The maximum absolute atomic E-state index is 13.6. The van der Waals surface area contributed by atoms with Crippen LogP contribution in [0.1, 0.15) is 16.7 Å². The summed E-state index contributed by atoms with van der Waals surface area (Å²) in [5, 5.41) is 14.3. The van der Waals surface area contributed by atoms with Gasteiger partial charge >= 0.3 is 0 Å². The molecule has 0 aliphatic carbocycles. The van der Waals surface area contributed by atoms with Gasteiger partial charge in [-0.15, -0.1) is 5.10 Å². The van der Waals surface area contributed by atoms with E-state index in [-0.39, 0.29) is 5.82 Å². The summed E-state index contributed by atoms with van der Waals surface area (Å²) in [5.41, 5.74) is 3.94. The van der Waals surface area contributed by atoms with Gasteiger partial charge in [-0.05, 0) is 43.0 Å². The van der Waals surface area contributed by atoms with Crippen molar-refractivity contribution in [3.05, 3.63) is 71.2 Å². The highest BCUT2D eigenvalue weighted by Crippen LogP contribution is 2.23. The van der Waals surface area contributed by atoms with Crippen LogP contribution in [0.5, 0.6) is 0 Å². The maximum atomic E-state index is 13.6. The molecule has 1 heterocycles. The minimum Gasteiger partial charge on any atom is -0.353 e. The molecule has 6 heteroatoms. The van der Waals surface area contributed by atoms with Crippen molar-refractivity contribution < 1.29 is 4.39 Å². The molecule has 0 radical (unpaired) electrons. The maximum Gasteiger partial charge on any atom is 0.244 e. The van der Waals surface area contributed by atoms with Crippen LogP contribution in [0.15, 0.2) is 48.7 Å². The van der Waals surface area contributed by atoms with Crippen LogP contribution in [-0.4, -0.2) is 21.7 Å². The zero-order valence-electron chi connectivity index (χ0n) is 14.3. The molecule has 2 N–H and O–H groups in total.